The lowest BCUT2D eigenvalue weighted by Gasteiger charge is -2.30. The van der Waals surface area contributed by atoms with Gasteiger partial charge in [0.15, 0.2) is 0 Å². The van der Waals surface area contributed by atoms with Crippen LogP contribution in [0.15, 0.2) is 211 Å². The Kier molecular flexibility index (Phi) is 7.47. The third kappa shape index (κ3) is 5.47. The van der Waals surface area contributed by atoms with E-state index in [1.165, 1.54) is 27.3 Å². The zero-order valence-corrected chi connectivity index (χ0v) is 28.9. The summed E-state index contributed by atoms with van der Waals surface area (Å²) in [5, 5.41) is 6.99. The first kappa shape index (κ1) is 30.7. The fourth-order valence-electron chi connectivity index (χ4n) is 7.72. The number of anilines is 6. The monoisotopic (exact) mass is 678 g/mol. The molecular weight excluding hydrogens is 645 g/mol. The van der Waals surface area contributed by atoms with Crippen molar-refractivity contribution < 1.29 is 4.42 Å². The van der Waals surface area contributed by atoms with E-state index in [4.69, 9.17) is 4.42 Å². The Bertz CT molecular complexity index is 2880. The topological polar surface area (TPSA) is 19.6 Å². The van der Waals surface area contributed by atoms with E-state index in [9.17, 15) is 0 Å². The van der Waals surface area contributed by atoms with Crippen molar-refractivity contribution in [1.29, 1.82) is 0 Å². The summed E-state index contributed by atoms with van der Waals surface area (Å²) in [5.74, 6) is 0. The maximum Gasteiger partial charge on any atom is 0.136 e. The van der Waals surface area contributed by atoms with Gasteiger partial charge in [0, 0.05) is 44.6 Å². The molecular formula is C50H34N2O. The van der Waals surface area contributed by atoms with Crippen molar-refractivity contribution in [2.24, 2.45) is 0 Å². The molecule has 0 fully saturated rings. The first-order valence-electron chi connectivity index (χ1n) is 18.0. The zero-order valence-electron chi connectivity index (χ0n) is 28.9. The van der Waals surface area contributed by atoms with Gasteiger partial charge in [-0.05, 0) is 106 Å². The van der Waals surface area contributed by atoms with Gasteiger partial charge in [-0.25, -0.2) is 0 Å². The predicted octanol–water partition coefficient (Wildman–Crippen LogP) is 14.5. The smallest absolute Gasteiger partial charge is 0.136 e. The van der Waals surface area contributed by atoms with Gasteiger partial charge in [-0.1, -0.05) is 127 Å². The normalized spacial score (nSPS) is 11.4. The molecule has 0 N–H and O–H groups in total. The van der Waals surface area contributed by atoms with Crippen LogP contribution in [-0.4, -0.2) is 0 Å². The highest BCUT2D eigenvalue weighted by Crippen LogP contribution is 2.45. The largest absolute Gasteiger partial charge is 0.456 e. The summed E-state index contributed by atoms with van der Waals surface area (Å²) in [6.07, 6.45) is 0. The van der Waals surface area contributed by atoms with Gasteiger partial charge in [0.05, 0.1) is 5.69 Å². The van der Waals surface area contributed by atoms with Crippen LogP contribution < -0.4 is 9.80 Å². The molecule has 10 rings (SSSR count). The van der Waals surface area contributed by atoms with E-state index in [1.807, 2.05) is 12.1 Å². The van der Waals surface area contributed by atoms with Crippen molar-refractivity contribution in [3.63, 3.8) is 0 Å². The highest BCUT2D eigenvalue weighted by atomic mass is 16.3. The number of rotatable bonds is 7. The van der Waals surface area contributed by atoms with Gasteiger partial charge < -0.3 is 14.2 Å². The number of furan rings is 1. The summed E-state index contributed by atoms with van der Waals surface area (Å²) in [5.41, 5.74) is 10.7. The number of nitrogens with zero attached hydrogens (tertiary/aromatic N) is 2. The SMILES string of the molecule is c1ccc(-c2ccc(N(c3ccccc3)c3cccc(N(c4ccccc4)c4cc5cc6oc7ccccc7c6cc5c5ccccc45)c3)cc2)cc1. The quantitative estimate of drug-likeness (QED) is 0.156. The van der Waals surface area contributed by atoms with Gasteiger partial charge >= 0.3 is 0 Å². The second-order valence-corrected chi connectivity index (χ2v) is 13.4. The second kappa shape index (κ2) is 12.9. The first-order chi connectivity index (χ1) is 26.3. The Hall–Kier alpha value is -7.10. The molecule has 0 unspecified atom stereocenters. The minimum absolute atomic E-state index is 0.893. The van der Waals surface area contributed by atoms with E-state index < -0.39 is 0 Å². The Balaban J connectivity index is 1.16. The molecule has 0 saturated carbocycles. The molecule has 3 heteroatoms. The Morgan fingerprint density at radius 2 is 0.811 bits per heavy atom. The number of benzene rings is 9. The maximum absolute atomic E-state index is 6.38. The van der Waals surface area contributed by atoms with Gasteiger partial charge in [0.2, 0.25) is 0 Å². The number of hydrogen-bond donors (Lipinski definition) is 0. The fourth-order valence-corrected chi connectivity index (χ4v) is 7.72. The summed E-state index contributed by atoms with van der Waals surface area (Å²) in [7, 11) is 0. The summed E-state index contributed by atoms with van der Waals surface area (Å²) in [6.45, 7) is 0. The Morgan fingerprint density at radius 1 is 0.283 bits per heavy atom. The molecule has 10 aromatic rings. The molecule has 0 saturated heterocycles. The third-order valence-electron chi connectivity index (χ3n) is 10.2. The van der Waals surface area contributed by atoms with Crippen molar-refractivity contribution in [3.8, 4) is 11.1 Å². The fraction of sp³-hybridized carbons (Fsp3) is 0. The summed E-state index contributed by atoms with van der Waals surface area (Å²) in [6, 6.07) is 73.4. The minimum Gasteiger partial charge on any atom is -0.456 e. The molecule has 0 atom stereocenters. The van der Waals surface area contributed by atoms with E-state index in [0.717, 1.165) is 61.4 Å². The zero-order chi connectivity index (χ0) is 35.1. The molecule has 3 nitrogen and oxygen atoms in total. The van der Waals surface area contributed by atoms with Crippen LogP contribution in [0.4, 0.5) is 34.1 Å². The molecule has 0 amide bonds. The predicted molar refractivity (Wildman–Crippen MR) is 224 cm³/mol. The number of fused-ring (bicyclic) bond motifs is 6. The van der Waals surface area contributed by atoms with Gasteiger partial charge in [-0.3, -0.25) is 0 Å². The van der Waals surface area contributed by atoms with Gasteiger partial charge in [0.1, 0.15) is 11.2 Å². The molecule has 0 aliphatic carbocycles. The van der Waals surface area contributed by atoms with Crippen molar-refractivity contribution in [2.75, 3.05) is 9.80 Å². The second-order valence-electron chi connectivity index (χ2n) is 13.4. The molecule has 0 aliphatic rings. The minimum atomic E-state index is 0.893. The van der Waals surface area contributed by atoms with Crippen molar-refractivity contribution >= 4 is 77.6 Å². The highest BCUT2D eigenvalue weighted by molar-refractivity contribution is 6.20. The van der Waals surface area contributed by atoms with Crippen LogP contribution in [0.25, 0.3) is 54.6 Å². The number of hydrogen-bond acceptors (Lipinski definition) is 3. The van der Waals surface area contributed by atoms with Crippen molar-refractivity contribution in [2.45, 2.75) is 0 Å². The molecule has 53 heavy (non-hydrogen) atoms. The van der Waals surface area contributed by atoms with Crippen LogP contribution in [0.2, 0.25) is 0 Å². The van der Waals surface area contributed by atoms with Crippen LogP contribution in [0, 0.1) is 0 Å². The van der Waals surface area contributed by atoms with E-state index >= 15 is 0 Å². The lowest BCUT2D eigenvalue weighted by Crippen LogP contribution is -2.13. The summed E-state index contributed by atoms with van der Waals surface area (Å²) in [4.78, 5) is 4.72. The third-order valence-corrected chi connectivity index (χ3v) is 10.2. The van der Waals surface area contributed by atoms with E-state index in [0.29, 0.717) is 0 Å². The molecule has 9 aromatic carbocycles. The lowest BCUT2D eigenvalue weighted by atomic mass is 9.97. The van der Waals surface area contributed by atoms with Crippen LogP contribution in [-0.2, 0) is 0 Å². The molecule has 250 valence electrons. The average molecular weight is 679 g/mol. The Morgan fingerprint density at radius 3 is 1.53 bits per heavy atom. The molecule has 0 radical (unpaired) electrons. The van der Waals surface area contributed by atoms with Crippen LogP contribution >= 0.6 is 0 Å². The van der Waals surface area contributed by atoms with E-state index in [2.05, 4.69) is 204 Å². The van der Waals surface area contributed by atoms with E-state index in [-0.39, 0.29) is 0 Å². The van der Waals surface area contributed by atoms with Crippen LogP contribution in [0.1, 0.15) is 0 Å². The molecule has 0 aliphatic heterocycles. The average Bonchev–Trinajstić information content (AvgIpc) is 3.59. The summed E-state index contributed by atoms with van der Waals surface area (Å²) < 4.78 is 6.38. The van der Waals surface area contributed by atoms with Crippen LogP contribution in [0.3, 0.4) is 0 Å². The standard InChI is InChI=1S/C50H34N2O/c1-4-15-35(16-5-1)36-27-29-40(30-28-36)51(38-17-6-2-7-18-38)41-21-14-22-42(33-41)52(39-19-8-3-9-20-39)48-31-37-32-50-47(45-25-12-13-26-49(45)53-50)34-46(37)43-23-10-11-24-44(43)48/h1-34H. The summed E-state index contributed by atoms with van der Waals surface area (Å²) >= 11 is 0. The molecule has 1 aromatic heterocycles. The first-order valence-corrected chi connectivity index (χ1v) is 18.0. The molecule has 0 spiro atoms. The van der Waals surface area contributed by atoms with Gasteiger partial charge in [0.25, 0.3) is 0 Å². The lowest BCUT2D eigenvalue weighted by molar-refractivity contribution is 0.669. The van der Waals surface area contributed by atoms with Crippen molar-refractivity contribution in [3.05, 3.63) is 206 Å². The van der Waals surface area contributed by atoms with Gasteiger partial charge in [-0.2, -0.15) is 0 Å². The highest BCUT2D eigenvalue weighted by Gasteiger charge is 2.21. The number of para-hydroxylation sites is 3. The van der Waals surface area contributed by atoms with Crippen LogP contribution in [0.5, 0.6) is 0 Å². The van der Waals surface area contributed by atoms with Crippen molar-refractivity contribution in [1.82, 2.24) is 0 Å². The van der Waals surface area contributed by atoms with Gasteiger partial charge in [-0.15, -0.1) is 0 Å². The Labute approximate surface area is 308 Å². The van der Waals surface area contributed by atoms with E-state index in [1.54, 1.807) is 0 Å². The molecule has 0 bridgehead atoms. The molecule has 1 heterocycles. The maximum atomic E-state index is 6.38.